The summed E-state index contributed by atoms with van der Waals surface area (Å²) in [6.07, 6.45) is 0.767. The number of Topliss-reactive ketones (excluding diaryl/α,β-unsaturated/α-hetero) is 1. The Bertz CT molecular complexity index is 555. The van der Waals surface area contributed by atoms with E-state index in [4.69, 9.17) is 0 Å². The molecule has 1 heterocycles. The van der Waals surface area contributed by atoms with Gasteiger partial charge in [0, 0.05) is 20.4 Å². The van der Waals surface area contributed by atoms with Crippen molar-refractivity contribution in [3.05, 3.63) is 52.8 Å². The fourth-order valence-electron chi connectivity index (χ4n) is 1.97. The Morgan fingerprint density at radius 1 is 1.35 bits per heavy atom. The van der Waals surface area contributed by atoms with Gasteiger partial charge in [-0.15, -0.1) is 0 Å². The Balaban J connectivity index is 2.25. The van der Waals surface area contributed by atoms with Gasteiger partial charge >= 0.3 is 0 Å². The van der Waals surface area contributed by atoms with Gasteiger partial charge in [0.05, 0.1) is 5.69 Å². The molecule has 88 valence electrons. The summed E-state index contributed by atoms with van der Waals surface area (Å²) in [6.45, 7) is 3.64. The highest BCUT2D eigenvalue weighted by Crippen LogP contribution is 2.11. The number of ketones is 1. The molecule has 0 spiro atoms. The lowest BCUT2D eigenvalue weighted by molar-refractivity contribution is 0.100. The van der Waals surface area contributed by atoms with Crippen molar-refractivity contribution in [1.29, 1.82) is 0 Å². The summed E-state index contributed by atoms with van der Waals surface area (Å²) < 4.78 is 1.65. The second-order valence-corrected chi connectivity index (χ2v) is 4.37. The van der Waals surface area contributed by atoms with E-state index in [1.807, 2.05) is 12.1 Å². The zero-order chi connectivity index (χ0) is 12.4. The number of rotatable bonds is 3. The highest BCUT2D eigenvalue weighted by Gasteiger charge is 2.09. The number of hydrogen-bond donors (Lipinski definition) is 0. The molecule has 0 amide bonds. The van der Waals surface area contributed by atoms with Crippen LogP contribution in [0.15, 0.2) is 30.3 Å². The molecule has 0 saturated heterocycles. The minimum Gasteiger partial charge on any atom is -0.293 e. The molecule has 0 aliphatic carbocycles. The van der Waals surface area contributed by atoms with Crippen LogP contribution in [0.3, 0.4) is 0 Å². The second kappa shape index (κ2) is 4.53. The molecule has 0 saturated carbocycles. The maximum Gasteiger partial charge on any atom is 0.177 e. The third-order valence-corrected chi connectivity index (χ3v) is 2.76. The summed E-state index contributed by atoms with van der Waals surface area (Å²) in [7, 11) is 1.80. The molecule has 0 radical (unpaired) electrons. The number of aryl methyl sites for hydroxylation is 2. The molecule has 3 heteroatoms. The van der Waals surface area contributed by atoms with Crippen molar-refractivity contribution >= 4 is 5.78 Å². The molecule has 0 aliphatic rings. The Hall–Kier alpha value is -1.90. The topological polar surface area (TPSA) is 34.9 Å². The molecule has 0 bridgehead atoms. The molecular formula is C14H16N2O. The van der Waals surface area contributed by atoms with Crippen molar-refractivity contribution in [2.45, 2.75) is 20.3 Å². The number of carbonyl (C=O) groups is 1. The molecule has 1 aromatic heterocycles. The van der Waals surface area contributed by atoms with Crippen molar-refractivity contribution in [3.8, 4) is 0 Å². The van der Waals surface area contributed by atoms with Crippen LogP contribution in [0.25, 0.3) is 0 Å². The van der Waals surface area contributed by atoms with Crippen LogP contribution in [-0.2, 0) is 13.5 Å². The lowest BCUT2D eigenvalue weighted by Crippen LogP contribution is -2.02. The fraction of sp³-hybridized carbons (Fsp3) is 0.286. The van der Waals surface area contributed by atoms with Gasteiger partial charge in [0.25, 0.3) is 0 Å². The van der Waals surface area contributed by atoms with Gasteiger partial charge in [0.2, 0.25) is 0 Å². The van der Waals surface area contributed by atoms with Crippen molar-refractivity contribution < 1.29 is 4.79 Å². The summed E-state index contributed by atoms with van der Waals surface area (Å²) in [6, 6.07) is 10.2. The Labute approximate surface area is 101 Å². The van der Waals surface area contributed by atoms with E-state index in [9.17, 15) is 4.79 Å². The normalized spacial score (nSPS) is 10.5. The minimum absolute atomic E-state index is 0.0514. The zero-order valence-corrected chi connectivity index (χ0v) is 10.4. The van der Waals surface area contributed by atoms with E-state index in [1.54, 1.807) is 18.7 Å². The first-order valence-electron chi connectivity index (χ1n) is 5.65. The fourth-order valence-corrected chi connectivity index (χ4v) is 1.97. The van der Waals surface area contributed by atoms with Gasteiger partial charge in [-0.3, -0.25) is 9.48 Å². The van der Waals surface area contributed by atoms with Crippen LogP contribution in [0.4, 0.5) is 0 Å². The first-order chi connectivity index (χ1) is 8.06. The smallest absolute Gasteiger partial charge is 0.177 e. The van der Waals surface area contributed by atoms with Crippen LogP contribution < -0.4 is 0 Å². The number of nitrogens with zero attached hydrogens (tertiary/aromatic N) is 2. The van der Waals surface area contributed by atoms with Gasteiger partial charge in [-0.2, -0.15) is 5.10 Å². The maximum atomic E-state index is 11.3. The molecule has 0 aliphatic heterocycles. The Kier molecular flexibility index (Phi) is 3.09. The van der Waals surface area contributed by atoms with Gasteiger partial charge in [0.15, 0.2) is 5.78 Å². The molecule has 0 atom stereocenters. The molecule has 1 aromatic carbocycles. The van der Waals surface area contributed by atoms with Gasteiger partial charge in [-0.05, 0) is 18.6 Å². The van der Waals surface area contributed by atoms with E-state index in [2.05, 4.69) is 30.2 Å². The molecule has 0 fully saturated rings. The maximum absolute atomic E-state index is 11.3. The summed E-state index contributed by atoms with van der Waals surface area (Å²) in [5.41, 5.74) is 4.05. The van der Waals surface area contributed by atoms with E-state index in [1.165, 1.54) is 11.1 Å². The molecular weight excluding hydrogens is 212 g/mol. The van der Waals surface area contributed by atoms with E-state index in [-0.39, 0.29) is 5.78 Å². The van der Waals surface area contributed by atoms with Crippen LogP contribution >= 0.6 is 0 Å². The highest BCUT2D eigenvalue weighted by atomic mass is 16.1. The van der Waals surface area contributed by atoms with Crippen molar-refractivity contribution in [1.82, 2.24) is 9.78 Å². The predicted molar refractivity (Wildman–Crippen MR) is 67.2 cm³/mol. The predicted octanol–water partition coefficient (Wildman–Crippen LogP) is 2.52. The van der Waals surface area contributed by atoms with E-state index >= 15 is 0 Å². The average Bonchev–Trinajstić information content (AvgIpc) is 2.59. The van der Waals surface area contributed by atoms with Crippen LogP contribution in [0.1, 0.15) is 34.2 Å². The third-order valence-electron chi connectivity index (χ3n) is 2.76. The molecule has 3 nitrogen and oxygen atoms in total. The van der Waals surface area contributed by atoms with Gasteiger partial charge in [0.1, 0.15) is 5.69 Å². The molecule has 0 unspecified atom stereocenters. The highest BCUT2D eigenvalue weighted by molar-refractivity contribution is 5.92. The number of hydrogen-bond acceptors (Lipinski definition) is 2. The van der Waals surface area contributed by atoms with Gasteiger partial charge < -0.3 is 0 Å². The van der Waals surface area contributed by atoms with E-state index < -0.39 is 0 Å². The average molecular weight is 228 g/mol. The van der Waals surface area contributed by atoms with Crippen LogP contribution in [0, 0.1) is 6.92 Å². The van der Waals surface area contributed by atoms with Crippen LogP contribution in [0.5, 0.6) is 0 Å². The van der Waals surface area contributed by atoms with Crippen molar-refractivity contribution in [3.63, 3.8) is 0 Å². The lowest BCUT2D eigenvalue weighted by atomic mass is 10.1. The summed E-state index contributed by atoms with van der Waals surface area (Å²) in [5.74, 6) is 0.0514. The standard InChI is InChI=1S/C14H16N2O/c1-10-5-4-6-12(7-10)8-13-9-14(11(2)17)16(3)15-13/h4-7,9H,8H2,1-3H3. The largest absolute Gasteiger partial charge is 0.293 e. The summed E-state index contributed by atoms with van der Waals surface area (Å²) in [5, 5.41) is 4.35. The third kappa shape index (κ3) is 2.61. The second-order valence-electron chi connectivity index (χ2n) is 4.37. The number of benzene rings is 1. The van der Waals surface area contributed by atoms with Crippen LogP contribution in [-0.4, -0.2) is 15.6 Å². The number of carbonyl (C=O) groups excluding carboxylic acids is 1. The molecule has 2 rings (SSSR count). The molecule has 17 heavy (non-hydrogen) atoms. The van der Waals surface area contributed by atoms with Crippen LogP contribution in [0.2, 0.25) is 0 Å². The van der Waals surface area contributed by atoms with E-state index in [0.717, 1.165) is 12.1 Å². The van der Waals surface area contributed by atoms with Gasteiger partial charge in [-0.25, -0.2) is 0 Å². The minimum atomic E-state index is 0.0514. The van der Waals surface area contributed by atoms with Crippen molar-refractivity contribution in [2.24, 2.45) is 7.05 Å². The Morgan fingerprint density at radius 3 is 2.71 bits per heavy atom. The van der Waals surface area contributed by atoms with Gasteiger partial charge in [-0.1, -0.05) is 29.8 Å². The number of aromatic nitrogens is 2. The lowest BCUT2D eigenvalue weighted by Gasteiger charge is -1.99. The molecule has 2 aromatic rings. The van der Waals surface area contributed by atoms with E-state index in [0.29, 0.717) is 5.69 Å². The first kappa shape index (κ1) is 11.6. The Morgan fingerprint density at radius 2 is 2.12 bits per heavy atom. The molecule has 0 N–H and O–H groups in total. The zero-order valence-electron chi connectivity index (χ0n) is 10.4. The summed E-state index contributed by atoms with van der Waals surface area (Å²) >= 11 is 0. The first-order valence-corrected chi connectivity index (χ1v) is 5.65. The summed E-state index contributed by atoms with van der Waals surface area (Å²) in [4.78, 5) is 11.3. The quantitative estimate of drug-likeness (QED) is 0.757. The SMILES string of the molecule is CC(=O)c1cc(Cc2cccc(C)c2)nn1C. The monoisotopic (exact) mass is 228 g/mol. The van der Waals surface area contributed by atoms with Crippen molar-refractivity contribution in [2.75, 3.05) is 0 Å².